The summed E-state index contributed by atoms with van der Waals surface area (Å²) in [6.45, 7) is 3.08. The predicted octanol–water partition coefficient (Wildman–Crippen LogP) is 3.04. The summed E-state index contributed by atoms with van der Waals surface area (Å²) in [5, 5.41) is 7.93. The molecular formula is C14H16IN3. The SMILES string of the molecule is Cc1ccc(CNC2CC2)cc1-n1cc(I)cn1. The fourth-order valence-corrected chi connectivity index (χ4v) is 2.38. The molecule has 0 atom stereocenters. The Labute approximate surface area is 121 Å². The van der Waals surface area contributed by atoms with Crippen molar-refractivity contribution in [1.82, 2.24) is 15.1 Å². The number of benzene rings is 1. The number of hydrogen-bond acceptors (Lipinski definition) is 2. The van der Waals surface area contributed by atoms with Crippen LogP contribution in [0.5, 0.6) is 0 Å². The molecule has 1 N–H and O–H groups in total. The molecule has 3 rings (SSSR count). The van der Waals surface area contributed by atoms with Crippen molar-refractivity contribution in [3.63, 3.8) is 0 Å². The second kappa shape index (κ2) is 5.01. The third-order valence-corrected chi connectivity index (χ3v) is 3.80. The summed E-state index contributed by atoms with van der Waals surface area (Å²) in [4.78, 5) is 0. The highest BCUT2D eigenvalue weighted by atomic mass is 127. The van der Waals surface area contributed by atoms with Gasteiger partial charge in [-0.1, -0.05) is 12.1 Å². The largest absolute Gasteiger partial charge is 0.310 e. The molecule has 3 nitrogen and oxygen atoms in total. The topological polar surface area (TPSA) is 29.9 Å². The lowest BCUT2D eigenvalue weighted by molar-refractivity contribution is 0.686. The van der Waals surface area contributed by atoms with Gasteiger partial charge in [0.05, 0.1) is 15.5 Å². The zero-order valence-corrected chi connectivity index (χ0v) is 12.5. The molecule has 0 amide bonds. The average Bonchev–Trinajstić information content (AvgIpc) is 3.10. The van der Waals surface area contributed by atoms with Crippen LogP contribution in [0.1, 0.15) is 24.0 Å². The lowest BCUT2D eigenvalue weighted by atomic mass is 10.1. The smallest absolute Gasteiger partial charge is 0.0678 e. The van der Waals surface area contributed by atoms with E-state index in [1.165, 1.54) is 29.7 Å². The van der Waals surface area contributed by atoms with Crippen molar-refractivity contribution in [3.05, 3.63) is 45.3 Å². The zero-order chi connectivity index (χ0) is 12.5. The van der Waals surface area contributed by atoms with Gasteiger partial charge in [0.25, 0.3) is 0 Å². The highest BCUT2D eigenvalue weighted by Gasteiger charge is 2.20. The zero-order valence-electron chi connectivity index (χ0n) is 10.4. The van der Waals surface area contributed by atoms with E-state index in [1.807, 2.05) is 10.9 Å². The molecule has 4 heteroatoms. The molecule has 18 heavy (non-hydrogen) atoms. The second-order valence-corrected chi connectivity index (χ2v) is 6.12. The van der Waals surface area contributed by atoms with Crippen LogP contribution in [-0.4, -0.2) is 15.8 Å². The average molecular weight is 353 g/mol. The first-order valence-electron chi connectivity index (χ1n) is 6.26. The van der Waals surface area contributed by atoms with E-state index in [-0.39, 0.29) is 0 Å². The number of aromatic nitrogens is 2. The highest BCUT2D eigenvalue weighted by molar-refractivity contribution is 14.1. The van der Waals surface area contributed by atoms with Gasteiger partial charge >= 0.3 is 0 Å². The standard InChI is InChI=1S/C14H16IN3/c1-10-2-3-11(7-16-13-4-5-13)6-14(10)18-9-12(15)8-17-18/h2-3,6,8-9,13,16H,4-5,7H2,1H3. The van der Waals surface area contributed by atoms with Crippen LogP contribution >= 0.6 is 22.6 Å². The minimum Gasteiger partial charge on any atom is -0.310 e. The van der Waals surface area contributed by atoms with E-state index < -0.39 is 0 Å². The maximum atomic E-state index is 4.38. The summed E-state index contributed by atoms with van der Waals surface area (Å²) in [6.07, 6.45) is 6.60. The van der Waals surface area contributed by atoms with E-state index in [4.69, 9.17) is 0 Å². The molecule has 2 aromatic rings. The number of aryl methyl sites for hydroxylation is 1. The third kappa shape index (κ3) is 2.75. The first-order chi connectivity index (χ1) is 8.72. The van der Waals surface area contributed by atoms with Crippen molar-refractivity contribution in [3.8, 4) is 5.69 Å². The molecule has 1 fully saturated rings. The molecule has 0 aliphatic heterocycles. The number of nitrogens with one attached hydrogen (secondary N) is 1. The Bertz CT molecular complexity index is 558. The van der Waals surface area contributed by atoms with E-state index in [0.717, 1.165) is 16.2 Å². The van der Waals surface area contributed by atoms with E-state index >= 15 is 0 Å². The number of hydrogen-bond donors (Lipinski definition) is 1. The van der Waals surface area contributed by atoms with Crippen LogP contribution in [0.4, 0.5) is 0 Å². The van der Waals surface area contributed by atoms with Gasteiger partial charge < -0.3 is 5.32 Å². The van der Waals surface area contributed by atoms with Gasteiger partial charge in [-0.2, -0.15) is 5.10 Å². The van der Waals surface area contributed by atoms with Crippen LogP contribution in [0.3, 0.4) is 0 Å². The quantitative estimate of drug-likeness (QED) is 0.857. The molecule has 1 aliphatic carbocycles. The number of nitrogens with zero attached hydrogens (tertiary/aromatic N) is 2. The van der Waals surface area contributed by atoms with Gasteiger partial charge in [0.1, 0.15) is 0 Å². The van der Waals surface area contributed by atoms with Gasteiger partial charge in [0.2, 0.25) is 0 Å². The van der Waals surface area contributed by atoms with Crippen molar-refractivity contribution >= 4 is 22.6 Å². The second-order valence-electron chi connectivity index (χ2n) is 4.88. The molecular weight excluding hydrogens is 337 g/mol. The summed E-state index contributed by atoms with van der Waals surface area (Å²) < 4.78 is 3.12. The summed E-state index contributed by atoms with van der Waals surface area (Å²) in [5.74, 6) is 0. The molecule has 0 spiro atoms. The lowest BCUT2D eigenvalue weighted by Gasteiger charge is -2.09. The lowest BCUT2D eigenvalue weighted by Crippen LogP contribution is -2.15. The van der Waals surface area contributed by atoms with Gasteiger partial charge in [0, 0.05) is 18.8 Å². The van der Waals surface area contributed by atoms with Gasteiger partial charge in [-0.3, -0.25) is 0 Å². The minimum absolute atomic E-state index is 0.750. The van der Waals surface area contributed by atoms with E-state index in [0.29, 0.717) is 0 Å². The molecule has 1 saturated carbocycles. The summed E-state index contributed by atoms with van der Waals surface area (Å²) in [6, 6.07) is 7.35. The van der Waals surface area contributed by atoms with E-state index in [1.54, 1.807) is 0 Å². The molecule has 0 unspecified atom stereocenters. The van der Waals surface area contributed by atoms with E-state index in [2.05, 4.69) is 64.3 Å². The van der Waals surface area contributed by atoms with Crippen LogP contribution in [-0.2, 0) is 6.54 Å². The van der Waals surface area contributed by atoms with Crippen molar-refractivity contribution in [2.24, 2.45) is 0 Å². The molecule has 0 bridgehead atoms. The fraction of sp³-hybridized carbons (Fsp3) is 0.357. The molecule has 0 radical (unpaired) electrons. The van der Waals surface area contributed by atoms with Crippen molar-refractivity contribution in [2.75, 3.05) is 0 Å². The molecule has 1 aliphatic rings. The van der Waals surface area contributed by atoms with Crippen LogP contribution in [0.25, 0.3) is 5.69 Å². The molecule has 0 saturated heterocycles. The number of halogens is 1. The number of rotatable bonds is 4. The van der Waals surface area contributed by atoms with Crippen molar-refractivity contribution in [2.45, 2.75) is 32.4 Å². The molecule has 94 valence electrons. The van der Waals surface area contributed by atoms with Gasteiger partial charge in [0.15, 0.2) is 0 Å². The Morgan fingerprint density at radius 2 is 2.28 bits per heavy atom. The molecule has 1 aromatic carbocycles. The predicted molar refractivity (Wildman–Crippen MR) is 80.9 cm³/mol. The van der Waals surface area contributed by atoms with Gasteiger partial charge in [-0.25, -0.2) is 4.68 Å². The molecule has 1 aromatic heterocycles. The van der Waals surface area contributed by atoms with Crippen LogP contribution in [0.15, 0.2) is 30.6 Å². The summed E-state index contributed by atoms with van der Waals surface area (Å²) in [5.41, 5.74) is 3.76. The van der Waals surface area contributed by atoms with E-state index in [9.17, 15) is 0 Å². The summed E-state index contributed by atoms with van der Waals surface area (Å²) in [7, 11) is 0. The monoisotopic (exact) mass is 353 g/mol. The highest BCUT2D eigenvalue weighted by Crippen LogP contribution is 2.21. The van der Waals surface area contributed by atoms with Crippen molar-refractivity contribution < 1.29 is 0 Å². The van der Waals surface area contributed by atoms with Crippen LogP contribution in [0, 0.1) is 10.5 Å². The minimum atomic E-state index is 0.750. The Kier molecular flexibility index (Phi) is 3.39. The van der Waals surface area contributed by atoms with Gasteiger partial charge in [-0.05, 0) is 59.5 Å². The Morgan fingerprint density at radius 3 is 2.94 bits per heavy atom. The third-order valence-electron chi connectivity index (χ3n) is 3.24. The first kappa shape index (κ1) is 12.2. The Hall–Kier alpha value is -0.880. The summed E-state index contributed by atoms with van der Waals surface area (Å²) >= 11 is 2.29. The Morgan fingerprint density at radius 1 is 1.44 bits per heavy atom. The van der Waals surface area contributed by atoms with Gasteiger partial charge in [-0.15, -0.1) is 0 Å². The normalized spacial score (nSPS) is 15.0. The van der Waals surface area contributed by atoms with Crippen LogP contribution in [0.2, 0.25) is 0 Å². The maximum absolute atomic E-state index is 4.38. The van der Waals surface area contributed by atoms with Crippen LogP contribution < -0.4 is 5.32 Å². The first-order valence-corrected chi connectivity index (χ1v) is 7.34. The molecule has 1 heterocycles. The Balaban J connectivity index is 1.85. The van der Waals surface area contributed by atoms with Crippen molar-refractivity contribution in [1.29, 1.82) is 0 Å². The fourth-order valence-electron chi connectivity index (χ4n) is 1.99. The maximum Gasteiger partial charge on any atom is 0.0678 e.